The van der Waals surface area contributed by atoms with Crippen LogP contribution >= 0.6 is 0 Å². The van der Waals surface area contributed by atoms with Crippen LogP contribution in [0.4, 0.5) is 17.5 Å². The van der Waals surface area contributed by atoms with Crippen LogP contribution in [-0.4, -0.2) is 74.0 Å². The van der Waals surface area contributed by atoms with E-state index in [1.807, 2.05) is 6.33 Å². The van der Waals surface area contributed by atoms with Gasteiger partial charge in [-0.05, 0) is 62.6 Å². The summed E-state index contributed by atoms with van der Waals surface area (Å²) in [5, 5.41) is 17.2. The zero-order chi connectivity index (χ0) is 25.2. The standard InChI is InChI=1S/C27H38N8O2/c28-19-3-7-21(8-4-19)31-27-32-25(24-26(33-27)35(17-29-24)22-9-10-23(36)15-22)30-20-5-1-18(2-6-20)16-34-11-13-37-14-12-34/h1-2,5-6,17,19,21-23,36H,3-4,7-16,28H2,(H2,30,31,32,33). The molecule has 2 unspecified atom stereocenters. The lowest BCUT2D eigenvalue weighted by molar-refractivity contribution is 0.0342. The molecule has 0 radical (unpaired) electrons. The first kappa shape index (κ1) is 24.5. The number of aromatic nitrogens is 4. The number of aliphatic hydroxyl groups excluding tert-OH is 1. The minimum atomic E-state index is -0.262. The molecule has 3 heterocycles. The summed E-state index contributed by atoms with van der Waals surface area (Å²) in [6.45, 7) is 4.49. The fourth-order valence-corrected chi connectivity index (χ4v) is 5.82. The van der Waals surface area contributed by atoms with Gasteiger partial charge in [0.2, 0.25) is 5.95 Å². The molecular formula is C27H38N8O2. The molecule has 3 aromatic rings. The van der Waals surface area contributed by atoms with E-state index in [9.17, 15) is 5.11 Å². The third-order valence-electron chi connectivity index (χ3n) is 8.02. The summed E-state index contributed by atoms with van der Waals surface area (Å²) in [5.74, 6) is 1.30. The molecule has 37 heavy (non-hydrogen) atoms. The van der Waals surface area contributed by atoms with E-state index in [1.165, 1.54) is 5.56 Å². The maximum absolute atomic E-state index is 10.1. The molecular weight excluding hydrogens is 468 g/mol. The second-order valence-electron chi connectivity index (χ2n) is 10.8. The molecule has 0 amide bonds. The Hall–Kier alpha value is -2.79. The Labute approximate surface area is 217 Å². The number of rotatable bonds is 7. The lowest BCUT2D eigenvalue weighted by atomic mass is 9.92. The topological polar surface area (TPSA) is 126 Å². The van der Waals surface area contributed by atoms with E-state index < -0.39 is 0 Å². The summed E-state index contributed by atoms with van der Waals surface area (Å²) in [6.07, 6.45) is 8.11. The van der Waals surface area contributed by atoms with E-state index in [0.29, 0.717) is 23.8 Å². The van der Waals surface area contributed by atoms with Crippen molar-refractivity contribution in [1.29, 1.82) is 0 Å². The summed E-state index contributed by atoms with van der Waals surface area (Å²) < 4.78 is 7.58. The van der Waals surface area contributed by atoms with E-state index >= 15 is 0 Å². The molecule has 1 aromatic carbocycles. The lowest BCUT2D eigenvalue weighted by Gasteiger charge is -2.27. The fraction of sp³-hybridized carbons (Fsp3) is 0.593. The average Bonchev–Trinajstić information content (AvgIpc) is 3.53. The van der Waals surface area contributed by atoms with Gasteiger partial charge in [0, 0.05) is 43.4 Å². The molecule has 0 spiro atoms. The van der Waals surface area contributed by atoms with E-state index in [2.05, 4.69) is 44.4 Å². The van der Waals surface area contributed by atoms with Crippen LogP contribution in [0.25, 0.3) is 11.2 Å². The van der Waals surface area contributed by atoms with Crippen molar-refractivity contribution in [3.8, 4) is 0 Å². The van der Waals surface area contributed by atoms with Crippen LogP contribution in [0.3, 0.4) is 0 Å². The van der Waals surface area contributed by atoms with Crippen LogP contribution in [0.15, 0.2) is 30.6 Å². The molecule has 3 aliphatic rings. The summed E-state index contributed by atoms with van der Waals surface area (Å²) in [7, 11) is 0. The molecule has 2 atom stereocenters. The Morgan fingerprint density at radius 2 is 1.78 bits per heavy atom. The number of aliphatic hydroxyl groups is 1. The van der Waals surface area contributed by atoms with E-state index in [4.69, 9.17) is 25.4 Å². The monoisotopic (exact) mass is 506 g/mol. The van der Waals surface area contributed by atoms with Gasteiger partial charge < -0.3 is 30.8 Å². The van der Waals surface area contributed by atoms with E-state index in [-0.39, 0.29) is 12.1 Å². The Balaban J connectivity index is 1.25. The largest absolute Gasteiger partial charge is 0.393 e. The highest BCUT2D eigenvalue weighted by atomic mass is 16.5. The number of nitrogens with zero attached hydrogens (tertiary/aromatic N) is 5. The maximum Gasteiger partial charge on any atom is 0.227 e. The minimum absolute atomic E-state index is 0.197. The first-order chi connectivity index (χ1) is 18.1. The molecule has 2 aromatic heterocycles. The number of imidazole rings is 1. The molecule has 6 rings (SSSR count). The van der Waals surface area contributed by atoms with Crippen molar-refractivity contribution < 1.29 is 9.84 Å². The fourth-order valence-electron chi connectivity index (χ4n) is 5.82. The summed E-state index contributed by atoms with van der Waals surface area (Å²) >= 11 is 0. The maximum atomic E-state index is 10.1. The molecule has 1 aliphatic heterocycles. The number of anilines is 3. The summed E-state index contributed by atoms with van der Waals surface area (Å²) in [5.41, 5.74) is 9.91. The van der Waals surface area contributed by atoms with Crippen LogP contribution < -0.4 is 16.4 Å². The molecule has 10 heteroatoms. The van der Waals surface area contributed by atoms with Crippen molar-refractivity contribution in [3.63, 3.8) is 0 Å². The second-order valence-corrected chi connectivity index (χ2v) is 10.8. The molecule has 5 N–H and O–H groups in total. The Morgan fingerprint density at radius 1 is 1.00 bits per heavy atom. The summed E-state index contributed by atoms with van der Waals surface area (Å²) in [6, 6.07) is 9.34. The van der Waals surface area contributed by atoms with Gasteiger partial charge in [-0.2, -0.15) is 9.97 Å². The number of nitrogens with one attached hydrogen (secondary N) is 2. The number of ether oxygens (including phenoxy) is 1. The Morgan fingerprint density at radius 3 is 2.51 bits per heavy atom. The summed E-state index contributed by atoms with van der Waals surface area (Å²) in [4.78, 5) is 16.9. The van der Waals surface area contributed by atoms with Crippen LogP contribution in [0.5, 0.6) is 0 Å². The predicted molar refractivity (Wildman–Crippen MR) is 144 cm³/mol. The van der Waals surface area contributed by atoms with Gasteiger partial charge in [0.25, 0.3) is 0 Å². The SMILES string of the molecule is NC1CCC(Nc2nc(Nc3ccc(CN4CCOCC4)cc3)c3ncn(C4CCC(O)C4)c3n2)CC1. The highest BCUT2D eigenvalue weighted by Crippen LogP contribution is 2.34. The van der Waals surface area contributed by atoms with Gasteiger partial charge in [-0.15, -0.1) is 0 Å². The zero-order valence-corrected chi connectivity index (χ0v) is 21.4. The molecule has 3 fully saturated rings. The molecule has 2 saturated carbocycles. The van der Waals surface area contributed by atoms with Gasteiger partial charge in [0.1, 0.15) is 0 Å². The molecule has 198 valence electrons. The highest BCUT2D eigenvalue weighted by molar-refractivity contribution is 5.86. The molecule has 0 bridgehead atoms. The van der Waals surface area contributed by atoms with Crippen molar-refractivity contribution in [2.24, 2.45) is 5.73 Å². The zero-order valence-electron chi connectivity index (χ0n) is 21.4. The number of hydrogen-bond donors (Lipinski definition) is 4. The quantitative estimate of drug-likeness (QED) is 0.382. The lowest BCUT2D eigenvalue weighted by Crippen LogP contribution is -2.35. The van der Waals surface area contributed by atoms with Crippen LogP contribution in [-0.2, 0) is 11.3 Å². The van der Waals surface area contributed by atoms with Crippen molar-refractivity contribution in [3.05, 3.63) is 36.2 Å². The van der Waals surface area contributed by atoms with Gasteiger partial charge in [-0.1, -0.05) is 12.1 Å². The Bertz CT molecular complexity index is 1190. The smallest absolute Gasteiger partial charge is 0.227 e. The highest BCUT2D eigenvalue weighted by Gasteiger charge is 2.27. The predicted octanol–water partition coefficient (Wildman–Crippen LogP) is 3.17. The van der Waals surface area contributed by atoms with Crippen molar-refractivity contribution in [2.75, 3.05) is 36.9 Å². The van der Waals surface area contributed by atoms with Crippen molar-refractivity contribution >= 4 is 28.6 Å². The first-order valence-corrected chi connectivity index (χ1v) is 13.7. The van der Waals surface area contributed by atoms with Gasteiger partial charge >= 0.3 is 0 Å². The third-order valence-corrected chi connectivity index (χ3v) is 8.02. The van der Waals surface area contributed by atoms with Crippen LogP contribution in [0.1, 0.15) is 56.6 Å². The van der Waals surface area contributed by atoms with Gasteiger partial charge in [-0.3, -0.25) is 4.90 Å². The molecule has 10 nitrogen and oxygen atoms in total. The Kier molecular flexibility index (Phi) is 7.23. The van der Waals surface area contributed by atoms with Gasteiger partial charge in [-0.25, -0.2) is 4.98 Å². The number of nitrogens with two attached hydrogens (primary N) is 1. The van der Waals surface area contributed by atoms with Gasteiger partial charge in [0.15, 0.2) is 17.0 Å². The van der Waals surface area contributed by atoms with Crippen LogP contribution in [0, 0.1) is 0 Å². The van der Waals surface area contributed by atoms with Crippen molar-refractivity contribution in [1.82, 2.24) is 24.4 Å². The van der Waals surface area contributed by atoms with E-state index in [1.54, 1.807) is 0 Å². The van der Waals surface area contributed by atoms with Crippen molar-refractivity contribution in [2.45, 2.75) is 75.7 Å². The van der Waals surface area contributed by atoms with Gasteiger partial charge in [0.05, 0.1) is 25.6 Å². The third kappa shape index (κ3) is 5.72. The molecule has 2 aliphatic carbocycles. The number of morpholine rings is 1. The molecule has 1 saturated heterocycles. The number of benzene rings is 1. The number of fused-ring (bicyclic) bond motifs is 1. The minimum Gasteiger partial charge on any atom is -0.393 e. The first-order valence-electron chi connectivity index (χ1n) is 13.7. The number of hydrogen-bond acceptors (Lipinski definition) is 9. The van der Waals surface area contributed by atoms with Crippen LogP contribution in [0.2, 0.25) is 0 Å². The second kappa shape index (κ2) is 10.9. The average molecular weight is 507 g/mol. The van der Waals surface area contributed by atoms with E-state index in [0.717, 1.165) is 94.6 Å². The normalized spacial score (nSPS) is 27.0.